The molecule has 2 atom stereocenters. The first-order valence-electron chi connectivity index (χ1n) is 7.01. The summed E-state index contributed by atoms with van der Waals surface area (Å²) in [4.78, 5) is 0. The Hall–Kier alpha value is -0.660. The van der Waals surface area contributed by atoms with Gasteiger partial charge in [-0.1, -0.05) is 13.3 Å². The van der Waals surface area contributed by atoms with E-state index in [9.17, 15) is 8.42 Å². The summed E-state index contributed by atoms with van der Waals surface area (Å²) in [5, 5.41) is 7.53. The van der Waals surface area contributed by atoms with E-state index in [-0.39, 0.29) is 17.8 Å². The molecule has 0 radical (unpaired) electrons. The van der Waals surface area contributed by atoms with Crippen LogP contribution < -0.4 is 10.5 Å². The van der Waals surface area contributed by atoms with Crippen molar-refractivity contribution in [1.82, 2.24) is 9.03 Å². The van der Waals surface area contributed by atoms with E-state index in [4.69, 9.17) is 11.1 Å². The highest BCUT2D eigenvalue weighted by Crippen LogP contribution is 2.27. The van der Waals surface area contributed by atoms with Gasteiger partial charge in [0.2, 0.25) is 0 Å². The van der Waals surface area contributed by atoms with Gasteiger partial charge >= 0.3 is 0 Å². The Morgan fingerprint density at radius 2 is 1.89 bits per heavy atom. The van der Waals surface area contributed by atoms with Gasteiger partial charge in [-0.3, -0.25) is 5.41 Å². The maximum atomic E-state index is 12.3. The zero-order valence-electron chi connectivity index (χ0n) is 11.4. The molecular weight excluding hydrogens is 264 g/mol. The van der Waals surface area contributed by atoms with E-state index in [0.717, 1.165) is 32.1 Å². The quantitative estimate of drug-likeness (QED) is 0.523. The molecule has 1 saturated carbocycles. The van der Waals surface area contributed by atoms with Crippen molar-refractivity contribution >= 4 is 16.0 Å². The van der Waals surface area contributed by atoms with E-state index in [1.54, 1.807) is 0 Å². The molecular formula is C12H24N4O2S. The molecule has 0 aromatic carbocycles. The van der Waals surface area contributed by atoms with Crippen molar-refractivity contribution in [2.24, 2.45) is 17.6 Å². The Labute approximate surface area is 115 Å². The van der Waals surface area contributed by atoms with E-state index < -0.39 is 10.2 Å². The summed E-state index contributed by atoms with van der Waals surface area (Å²) in [5.74, 6) is 0.554. The van der Waals surface area contributed by atoms with Crippen LogP contribution >= 0.6 is 0 Å². The van der Waals surface area contributed by atoms with Crippen molar-refractivity contribution in [3.63, 3.8) is 0 Å². The largest absolute Gasteiger partial charge is 0.387 e. The fraction of sp³-hybridized carbons (Fsp3) is 0.917. The topological polar surface area (TPSA) is 99.3 Å². The maximum Gasteiger partial charge on any atom is 0.279 e. The minimum atomic E-state index is -3.43. The lowest BCUT2D eigenvalue weighted by Crippen LogP contribution is -2.50. The van der Waals surface area contributed by atoms with Gasteiger partial charge in [0.15, 0.2) is 0 Å². The molecule has 1 aliphatic carbocycles. The number of amidine groups is 1. The number of hydrogen-bond donors (Lipinski definition) is 3. The van der Waals surface area contributed by atoms with Crippen molar-refractivity contribution in [2.75, 3.05) is 13.1 Å². The highest BCUT2D eigenvalue weighted by molar-refractivity contribution is 7.87. The van der Waals surface area contributed by atoms with Gasteiger partial charge in [0.05, 0.1) is 5.84 Å². The number of rotatable bonds is 4. The van der Waals surface area contributed by atoms with Crippen LogP contribution in [0.15, 0.2) is 0 Å². The van der Waals surface area contributed by atoms with Gasteiger partial charge in [-0.2, -0.15) is 17.4 Å². The maximum absolute atomic E-state index is 12.3. The van der Waals surface area contributed by atoms with E-state index in [0.29, 0.717) is 19.0 Å². The van der Waals surface area contributed by atoms with Crippen LogP contribution in [0, 0.1) is 17.2 Å². The van der Waals surface area contributed by atoms with Crippen LogP contribution in [-0.4, -0.2) is 37.7 Å². The molecule has 2 aliphatic rings. The van der Waals surface area contributed by atoms with Gasteiger partial charge < -0.3 is 5.73 Å². The van der Waals surface area contributed by atoms with Crippen LogP contribution in [0.2, 0.25) is 0 Å². The summed E-state index contributed by atoms with van der Waals surface area (Å²) in [6.07, 6.45) is 4.34. The fourth-order valence-electron chi connectivity index (χ4n) is 2.96. The molecule has 0 aromatic rings. The van der Waals surface area contributed by atoms with Crippen molar-refractivity contribution in [1.29, 1.82) is 5.41 Å². The minimum Gasteiger partial charge on any atom is -0.387 e. The number of nitrogens with two attached hydrogens (primary N) is 1. The minimum absolute atomic E-state index is 0.0949. The predicted octanol–water partition coefficient (Wildman–Crippen LogP) is 0.657. The smallest absolute Gasteiger partial charge is 0.279 e. The summed E-state index contributed by atoms with van der Waals surface area (Å²) >= 11 is 0. The second-order valence-electron chi connectivity index (χ2n) is 5.80. The van der Waals surface area contributed by atoms with Crippen LogP contribution in [0.3, 0.4) is 0 Å². The Balaban J connectivity index is 1.99. The molecule has 2 rings (SSSR count). The second-order valence-corrected chi connectivity index (χ2v) is 7.51. The highest BCUT2D eigenvalue weighted by Gasteiger charge is 2.35. The van der Waals surface area contributed by atoms with Crippen LogP contribution in [0.25, 0.3) is 0 Å². The van der Waals surface area contributed by atoms with E-state index in [1.165, 1.54) is 4.31 Å². The lowest BCUT2D eigenvalue weighted by Gasteiger charge is -2.31. The average Bonchev–Trinajstić information content (AvgIpc) is 2.77. The Bertz CT molecular complexity index is 429. The van der Waals surface area contributed by atoms with Gasteiger partial charge in [-0.25, -0.2) is 0 Å². The summed E-state index contributed by atoms with van der Waals surface area (Å²) < 4.78 is 28.9. The van der Waals surface area contributed by atoms with E-state index in [1.807, 2.05) is 0 Å². The molecule has 0 amide bonds. The van der Waals surface area contributed by atoms with Crippen molar-refractivity contribution in [2.45, 2.75) is 45.1 Å². The monoisotopic (exact) mass is 288 g/mol. The highest BCUT2D eigenvalue weighted by atomic mass is 32.2. The Morgan fingerprint density at radius 1 is 1.26 bits per heavy atom. The number of nitrogens with one attached hydrogen (secondary N) is 2. The molecule has 19 heavy (non-hydrogen) atoms. The van der Waals surface area contributed by atoms with Gasteiger partial charge in [0, 0.05) is 25.0 Å². The number of nitrogens with zero attached hydrogens (tertiary/aromatic N) is 1. The lowest BCUT2D eigenvalue weighted by molar-refractivity contribution is 0.282. The Morgan fingerprint density at radius 3 is 2.47 bits per heavy atom. The van der Waals surface area contributed by atoms with Gasteiger partial charge in [0.1, 0.15) is 0 Å². The molecule has 110 valence electrons. The second kappa shape index (κ2) is 5.76. The van der Waals surface area contributed by atoms with Crippen molar-refractivity contribution in [3.05, 3.63) is 0 Å². The van der Waals surface area contributed by atoms with Gasteiger partial charge in [-0.05, 0) is 31.6 Å². The first kappa shape index (κ1) is 14.7. The number of hydrogen-bond acceptors (Lipinski definition) is 3. The summed E-state index contributed by atoms with van der Waals surface area (Å²) in [7, 11) is -3.43. The first-order valence-corrected chi connectivity index (χ1v) is 8.45. The SMILES string of the molecule is CC1CCN(S(=O)(=O)NC2CCCC2C(=N)N)CC1. The summed E-state index contributed by atoms with van der Waals surface area (Å²) in [6.45, 7) is 3.34. The molecule has 0 bridgehead atoms. The predicted molar refractivity (Wildman–Crippen MR) is 75.1 cm³/mol. The first-order chi connectivity index (χ1) is 8.90. The third-order valence-corrected chi connectivity index (χ3v) is 5.94. The molecule has 2 fully saturated rings. The molecule has 0 spiro atoms. The molecule has 1 aliphatic heterocycles. The summed E-state index contributed by atoms with van der Waals surface area (Å²) in [5.41, 5.74) is 5.54. The fourth-order valence-corrected chi connectivity index (χ4v) is 4.47. The molecule has 1 saturated heterocycles. The van der Waals surface area contributed by atoms with Gasteiger partial charge in [0.25, 0.3) is 10.2 Å². The van der Waals surface area contributed by atoms with Crippen molar-refractivity contribution < 1.29 is 8.42 Å². The van der Waals surface area contributed by atoms with Crippen LogP contribution in [-0.2, 0) is 10.2 Å². The molecule has 7 heteroatoms. The zero-order valence-corrected chi connectivity index (χ0v) is 12.2. The Kier molecular flexibility index (Phi) is 4.47. The third-order valence-electron chi connectivity index (χ3n) is 4.30. The van der Waals surface area contributed by atoms with Crippen LogP contribution in [0.4, 0.5) is 0 Å². The van der Waals surface area contributed by atoms with Crippen molar-refractivity contribution in [3.8, 4) is 0 Å². The molecule has 6 nitrogen and oxygen atoms in total. The molecule has 2 unspecified atom stereocenters. The number of piperidine rings is 1. The molecule has 1 heterocycles. The van der Waals surface area contributed by atoms with E-state index >= 15 is 0 Å². The third kappa shape index (κ3) is 3.46. The van der Waals surface area contributed by atoms with Crippen LogP contribution in [0.1, 0.15) is 39.0 Å². The zero-order chi connectivity index (χ0) is 14.0. The standard InChI is InChI=1S/C12H24N4O2S/c1-9-5-7-16(8-6-9)19(17,18)15-11-4-2-3-10(11)12(13)14/h9-11,15H,2-8H2,1H3,(H3,13,14). The van der Waals surface area contributed by atoms with Crippen LogP contribution in [0.5, 0.6) is 0 Å². The normalized spacial score (nSPS) is 30.6. The van der Waals surface area contributed by atoms with E-state index in [2.05, 4.69) is 11.6 Å². The average molecular weight is 288 g/mol. The molecule has 4 N–H and O–H groups in total. The summed E-state index contributed by atoms with van der Waals surface area (Å²) in [6, 6.07) is -0.207. The molecule has 0 aromatic heterocycles. The lowest BCUT2D eigenvalue weighted by atomic mass is 10.0. The van der Waals surface area contributed by atoms with Gasteiger partial charge in [-0.15, -0.1) is 0 Å².